The zero-order valence-electron chi connectivity index (χ0n) is 10.7. The highest BCUT2D eigenvalue weighted by Gasteiger charge is 2.43. The molecule has 1 aromatic heterocycles. The Balaban J connectivity index is 1.68. The van der Waals surface area contributed by atoms with E-state index in [2.05, 4.69) is 16.4 Å². The van der Waals surface area contributed by atoms with Gasteiger partial charge in [0.15, 0.2) is 0 Å². The first-order chi connectivity index (χ1) is 8.83. The van der Waals surface area contributed by atoms with Crippen LogP contribution in [0.15, 0.2) is 6.07 Å². The van der Waals surface area contributed by atoms with Crippen LogP contribution in [-0.2, 0) is 4.74 Å². The van der Waals surface area contributed by atoms with Crippen molar-refractivity contribution in [2.24, 2.45) is 0 Å². The van der Waals surface area contributed by atoms with Crippen molar-refractivity contribution < 1.29 is 4.74 Å². The van der Waals surface area contributed by atoms with Crippen LogP contribution in [0.5, 0.6) is 0 Å². The van der Waals surface area contributed by atoms with Gasteiger partial charge in [0.2, 0.25) is 0 Å². The highest BCUT2D eigenvalue weighted by atomic mass is 16.5. The Kier molecular flexibility index (Phi) is 2.34. The standard InChI is InChI=1S/C14H19N3O/c1-15-13-7-11(8-2-3-8)16-14(17-13)10-6-9-4-5-12(10)18-9/h7-10,12H,2-6H2,1H3,(H,15,16,17). The van der Waals surface area contributed by atoms with Gasteiger partial charge in [0, 0.05) is 30.6 Å². The first-order valence-electron chi connectivity index (χ1n) is 7.05. The molecule has 4 rings (SSSR count). The molecule has 0 spiro atoms. The van der Waals surface area contributed by atoms with Crippen LogP contribution in [0.25, 0.3) is 0 Å². The lowest BCUT2D eigenvalue weighted by Gasteiger charge is -2.18. The normalized spacial score (nSPS) is 33.9. The van der Waals surface area contributed by atoms with Gasteiger partial charge in [-0.3, -0.25) is 0 Å². The number of nitrogens with zero attached hydrogens (tertiary/aromatic N) is 2. The molecule has 0 aromatic carbocycles. The Morgan fingerprint density at radius 1 is 1.22 bits per heavy atom. The summed E-state index contributed by atoms with van der Waals surface area (Å²) in [5.74, 6) is 3.08. The molecule has 3 fully saturated rings. The van der Waals surface area contributed by atoms with Gasteiger partial charge < -0.3 is 10.1 Å². The molecule has 4 heteroatoms. The fraction of sp³-hybridized carbons (Fsp3) is 0.714. The molecule has 18 heavy (non-hydrogen) atoms. The van der Waals surface area contributed by atoms with Crippen molar-refractivity contribution in [1.29, 1.82) is 0 Å². The monoisotopic (exact) mass is 245 g/mol. The summed E-state index contributed by atoms with van der Waals surface area (Å²) in [6, 6.07) is 2.11. The number of hydrogen-bond acceptors (Lipinski definition) is 4. The molecule has 3 atom stereocenters. The van der Waals surface area contributed by atoms with Crippen LogP contribution in [0, 0.1) is 0 Å². The Hall–Kier alpha value is -1.16. The minimum Gasteiger partial charge on any atom is -0.374 e. The summed E-state index contributed by atoms with van der Waals surface area (Å²) in [7, 11) is 1.93. The summed E-state index contributed by atoms with van der Waals surface area (Å²) in [4.78, 5) is 9.47. The number of hydrogen-bond donors (Lipinski definition) is 1. The van der Waals surface area contributed by atoms with Gasteiger partial charge in [-0.2, -0.15) is 0 Å². The predicted molar refractivity (Wildman–Crippen MR) is 68.8 cm³/mol. The average Bonchev–Trinajstić information content (AvgIpc) is 3.06. The lowest BCUT2D eigenvalue weighted by Crippen LogP contribution is -2.18. The third-order valence-electron chi connectivity index (χ3n) is 4.45. The molecule has 0 radical (unpaired) electrons. The first kappa shape index (κ1) is 10.7. The maximum atomic E-state index is 5.93. The second kappa shape index (κ2) is 3.92. The minimum absolute atomic E-state index is 0.370. The largest absolute Gasteiger partial charge is 0.374 e. The number of aromatic nitrogens is 2. The van der Waals surface area contributed by atoms with E-state index in [0.29, 0.717) is 24.0 Å². The molecule has 3 aliphatic rings. The predicted octanol–water partition coefficient (Wildman–Crippen LogP) is 2.43. The summed E-state index contributed by atoms with van der Waals surface area (Å²) >= 11 is 0. The molecule has 2 aliphatic heterocycles. The van der Waals surface area contributed by atoms with Crippen LogP contribution in [0.1, 0.15) is 55.5 Å². The lowest BCUT2D eigenvalue weighted by atomic mass is 9.88. The molecule has 2 saturated heterocycles. The van der Waals surface area contributed by atoms with E-state index < -0.39 is 0 Å². The van der Waals surface area contributed by atoms with Crippen molar-refractivity contribution in [2.75, 3.05) is 12.4 Å². The van der Waals surface area contributed by atoms with Gasteiger partial charge in [-0.15, -0.1) is 0 Å². The molecule has 1 aliphatic carbocycles. The van der Waals surface area contributed by atoms with Gasteiger partial charge in [-0.05, 0) is 32.1 Å². The smallest absolute Gasteiger partial charge is 0.136 e. The maximum absolute atomic E-state index is 5.93. The van der Waals surface area contributed by atoms with Crippen LogP contribution in [-0.4, -0.2) is 29.2 Å². The number of nitrogens with one attached hydrogen (secondary N) is 1. The summed E-state index contributed by atoms with van der Waals surface area (Å²) in [5, 5.41) is 3.17. The summed E-state index contributed by atoms with van der Waals surface area (Å²) < 4.78 is 5.93. The van der Waals surface area contributed by atoms with E-state index >= 15 is 0 Å². The zero-order chi connectivity index (χ0) is 12.1. The van der Waals surface area contributed by atoms with Crippen LogP contribution < -0.4 is 5.32 Å². The van der Waals surface area contributed by atoms with Crippen LogP contribution in [0.4, 0.5) is 5.82 Å². The van der Waals surface area contributed by atoms with Crippen LogP contribution >= 0.6 is 0 Å². The fourth-order valence-electron chi connectivity index (χ4n) is 3.28. The molecule has 1 N–H and O–H groups in total. The average molecular weight is 245 g/mol. The SMILES string of the molecule is CNc1cc(C2CC2)nc(C2CC3CCC2O3)n1. The van der Waals surface area contributed by atoms with Crippen molar-refractivity contribution in [1.82, 2.24) is 9.97 Å². The molecule has 3 heterocycles. The Morgan fingerprint density at radius 3 is 2.72 bits per heavy atom. The minimum atomic E-state index is 0.370. The van der Waals surface area contributed by atoms with E-state index in [-0.39, 0.29) is 0 Å². The summed E-state index contributed by atoms with van der Waals surface area (Å²) in [5.41, 5.74) is 1.23. The van der Waals surface area contributed by atoms with Crippen molar-refractivity contribution >= 4 is 5.82 Å². The van der Waals surface area contributed by atoms with E-state index in [1.807, 2.05) is 7.05 Å². The number of anilines is 1. The van der Waals surface area contributed by atoms with Gasteiger partial charge in [0.1, 0.15) is 11.6 Å². The van der Waals surface area contributed by atoms with Gasteiger partial charge in [-0.1, -0.05) is 0 Å². The van der Waals surface area contributed by atoms with E-state index in [0.717, 1.165) is 18.1 Å². The molecule has 2 bridgehead atoms. The van der Waals surface area contributed by atoms with Gasteiger partial charge in [0.25, 0.3) is 0 Å². The third-order valence-corrected chi connectivity index (χ3v) is 4.45. The zero-order valence-corrected chi connectivity index (χ0v) is 10.7. The molecular formula is C14H19N3O. The van der Waals surface area contributed by atoms with E-state index in [1.165, 1.54) is 31.4 Å². The molecule has 96 valence electrons. The molecule has 0 amide bonds. The van der Waals surface area contributed by atoms with Gasteiger partial charge in [0.05, 0.1) is 12.2 Å². The number of rotatable bonds is 3. The fourth-order valence-corrected chi connectivity index (χ4v) is 3.28. The van der Waals surface area contributed by atoms with Crippen LogP contribution in [0.2, 0.25) is 0 Å². The van der Waals surface area contributed by atoms with Crippen molar-refractivity contribution in [2.45, 2.75) is 56.1 Å². The van der Waals surface area contributed by atoms with Crippen molar-refractivity contribution in [3.63, 3.8) is 0 Å². The number of fused-ring (bicyclic) bond motifs is 2. The molecule has 4 nitrogen and oxygen atoms in total. The topological polar surface area (TPSA) is 47.0 Å². The molecule has 1 aromatic rings. The second-order valence-electron chi connectivity index (χ2n) is 5.78. The van der Waals surface area contributed by atoms with E-state index in [1.54, 1.807) is 0 Å². The van der Waals surface area contributed by atoms with Gasteiger partial charge in [-0.25, -0.2) is 9.97 Å². The Morgan fingerprint density at radius 2 is 2.11 bits per heavy atom. The molecule has 1 saturated carbocycles. The highest BCUT2D eigenvalue weighted by Crippen LogP contribution is 2.45. The first-order valence-corrected chi connectivity index (χ1v) is 7.05. The summed E-state index contributed by atoms with van der Waals surface area (Å²) in [6.07, 6.45) is 6.92. The second-order valence-corrected chi connectivity index (χ2v) is 5.78. The molecular weight excluding hydrogens is 226 g/mol. The van der Waals surface area contributed by atoms with Crippen LogP contribution in [0.3, 0.4) is 0 Å². The Bertz CT molecular complexity index is 472. The number of ether oxygens (including phenoxy) is 1. The van der Waals surface area contributed by atoms with Crippen molar-refractivity contribution in [3.05, 3.63) is 17.6 Å². The van der Waals surface area contributed by atoms with E-state index in [9.17, 15) is 0 Å². The maximum Gasteiger partial charge on any atom is 0.136 e. The lowest BCUT2D eigenvalue weighted by molar-refractivity contribution is 0.0998. The highest BCUT2D eigenvalue weighted by molar-refractivity contribution is 5.38. The van der Waals surface area contributed by atoms with Crippen molar-refractivity contribution in [3.8, 4) is 0 Å². The quantitative estimate of drug-likeness (QED) is 0.888. The van der Waals surface area contributed by atoms with Gasteiger partial charge >= 0.3 is 0 Å². The summed E-state index contributed by atoms with van der Waals surface area (Å²) in [6.45, 7) is 0. The Labute approximate surface area is 107 Å². The third kappa shape index (κ3) is 1.70. The molecule has 3 unspecified atom stereocenters. The van der Waals surface area contributed by atoms with E-state index in [4.69, 9.17) is 9.72 Å².